The number of thiazole rings is 1. The third-order valence-corrected chi connectivity index (χ3v) is 7.60. The largest absolute Gasteiger partial charge is 0.490 e. The number of hydrogen-bond acceptors (Lipinski definition) is 7. The van der Waals surface area contributed by atoms with Crippen molar-refractivity contribution >= 4 is 34.3 Å². The molecule has 9 heteroatoms. The van der Waals surface area contributed by atoms with Crippen LogP contribution in [0, 0.1) is 6.92 Å². The third kappa shape index (κ3) is 4.78. The van der Waals surface area contributed by atoms with E-state index in [1.807, 2.05) is 69.3 Å². The zero-order chi connectivity index (χ0) is 27.7. The Morgan fingerprint density at radius 3 is 2.54 bits per heavy atom. The highest BCUT2D eigenvalue weighted by Gasteiger charge is 2.34. The van der Waals surface area contributed by atoms with Crippen LogP contribution >= 0.6 is 11.3 Å². The summed E-state index contributed by atoms with van der Waals surface area (Å²) in [4.78, 5) is 35.8. The maximum atomic E-state index is 14.0. The molecule has 0 amide bonds. The van der Waals surface area contributed by atoms with Gasteiger partial charge in [0.25, 0.3) is 5.56 Å². The van der Waals surface area contributed by atoms with Gasteiger partial charge in [-0.15, -0.1) is 0 Å². The van der Waals surface area contributed by atoms with E-state index in [1.54, 1.807) is 18.4 Å². The van der Waals surface area contributed by atoms with E-state index in [9.17, 15) is 9.59 Å². The molecule has 0 fully saturated rings. The monoisotopic (exact) mass is 545 g/mol. The standard InChI is InChI=1S/C30H31N3O5S/c1-6-36-23-14-13-19(15-24(23)37-7-2)27-26(29(35)38-8-3)18(5)32-30-33(27)28(34)25(39-30)16-21-17(4)31-22-12-10-9-11-20(21)22/h9-16,27,31H,6-8H2,1-5H3/t27-/m1/s1. The molecule has 8 nitrogen and oxygen atoms in total. The third-order valence-electron chi connectivity index (χ3n) is 6.62. The molecule has 0 saturated heterocycles. The van der Waals surface area contributed by atoms with Gasteiger partial charge >= 0.3 is 5.97 Å². The quantitative estimate of drug-likeness (QED) is 0.332. The Labute approximate surface area is 229 Å². The van der Waals surface area contributed by atoms with Crippen molar-refractivity contribution in [3.63, 3.8) is 0 Å². The van der Waals surface area contributed by atoms with E-state index < -0.39 is 12.0 Å². The average Bonchev–Trinajstić information content (AvgIpc) is 3.40. The molecular weight excluding hydrogens is 514 g/mol. The minimum atomic E-state index is -0.735. The number of nitrogens with one attached hydrogen (secondary N) is 1. The van der Waals surface area contributed by atoms with Gasteiger partial charge in [-0.3, -0.25) is 9.36 Å². The van der Waals surface area contributed by atoms with Gasteiger partial charge in [-0.25, -0.2) is 9.79 Å². The SMILES string of the molecule is CCOC(=O)C1=C(C)N=c2sc(=Cc3c(C)[nH]c4ccccc34)c(=O)n2[C@@H]1c1ccc(OCC)c(OCC)c1. The fourth-order valence-corrected chi connectivity index (χ4v) is 5.99. The zero-order valence-electron chi connectivity index (χ0n) is 22.7. The van der Waals surface area contributed by atoms with Crippen LogP contribution in [-0.4, -0.2) is 35.3 Å². The number of fused-ring (bicyclic) bond motifs is 2. The minimum absolute atomic E-state index is 0.208. The lowest BCUT2D eigenvalue weighted by Gasteiger charge is -2.25. The van der Waals surface area contributed by atoms with Crippen molar-refractivity contribution in [3.8, 4) is 11.5 Å². The number of H-pyrrole nitrogens is 1. The van der Waals surface area contributed by atoms with Gasteiger partial charge in [-0.2, -0.15) is 0 Å². The Kier molecular flexibility index (Phi) is 7.43. The summed E-state index contributed by atoms with van der Waals surface area (Å²) in [6.07, 6.45) is 1.91. The number of rotatable bonds is 8. The maximum absolute atomic E-state index is 14.0. The van der Waals surface area contributed by atoms with Crippen molar-refractivity contribution in [2.45, 2.75) is 40.7 Å². The zero-order valence-corrected chi connectivity index (χ0v) is 23.5. The molecule has 39 heavy (non-hydrogen) atoms. The molecule has 0 spiro atoms. The molecule has 0 bridgehead atoms. The van der Waals surface area contributed by atoms with E-state index in [-0.39, 0.29) is 12.2 Å². The van der Waals surface area contributed by atoms with E-state index in [4.69, 9.17) is 14.2 Å². The Morgan fingerprint density at radius 1 is 1.05 bits per heavy atom. The van der Waals surface area contributed by atoms with Crippen LogP contribution in [0.4, 0.5) is 0 Å². The highest BCUT2D eigenvalue weighted by Crippen LogP contribution is 2.36. The molecule has 0 saturated carbocycles. The summed E-state index contributed by atoms with van der Waals surface area (Å²) >= 11 is 1.30. The van der Waals surface area contributed by atoms with Gasteiger partial charge in [-0.05, 0) is 64.5 Å². The second-order valence-electron chi connectivity index (χ2n) is 9.08. The van der Waals surface area contributed by atoms with Crippen molar-refractivity contribution in [1.29, 1.82) is 0 Å². The van der Waals surface area contributed by atoms with Crippen LogP contribution in [-0.2, 0) is 9.53 Å². The summed E-state index contributed by atoms with van der Waals surface area (Å²) < 4.78 is 19.1. The molecule has 4 aromatic rings. The summed E-state index contributed by atoms with van der Waals surface area (Å²) in [5.41, 5.74) is 4.24. The topological polar surface area (TPSA) is 94.9 Å². The number of hydrogen-bond donors (Lipinski definition) is 1. The first-order valence-electron chi connectivity index (χ1n) is 13.0. The summed E-state index contributed by atoms with van der Waals surface area (Å²) in [6.45, 7) is 10.5. The number of aryl methyl sites for hydroxylation is 1. The van der Waals surface area contributed by atoms with Crippen molar-refractivity contribution in [2.75, 3.05) is 19.8 Å². The fraction of sp³-hybridized carbons (Fsp3) is 0.300. The number of aromatic nitrogens is 2. The van der Waals surface area contributed by atoms with Gasteiger partial charge in [-0.1, -0.05) is 35.6 Å². The van der Waals surface area contributed by atoms with E-state index in [0.717, 1.165) is 22.2 Å². The molecular formula is C30H31N3O5S. The molecule has 3 heterocycles. The second kappa shape index (κ2) is 10.9. The number of carbonyl (C=O) groups is 1. The number of para-hydroxylation sites is 1. The summed E-state index contributed by atoms with van der Waals surface area (Å²) in [7, 11) is 0. The van der Waals surface area contributed by atoms with Crippen LogP contribution in [0.15, 0.2) is 63.5 Å². The molecule has 0 radical (unpaired) electrons. The van der Waals surface area contributed by atoms with Crippen LogP contribution in [0.2, 0.25) is 0 Å². The van der Waals surface area contributed by atoms with Gasteiger partial charge in [0.15, 0.2) is 16.3 Å². The van der Waals surface area contributed by atoms with E-state index >= 15 is 0 Å². The smallest absolute Gasteiger partial charge is 0.338 e. The van der Waals surface area contributed by atoms with Crippen molar-refractivity contribution < 1.29 is 19.0 Å². The Hall–Kier alpha value is -4.11. The van der Waals surface area contributed by atoms with Crippen LogP contribution < -0.4 is 24.4 Å². The fourth-order valence-electron chi connectivity index (χ4n) is 4.96. The van der Waals surface area contributed by atoms with Gasteiger partial charge in [0.1, 0.15) is 0 Å². The van der Waals surface area contributed by atoms with Gasteiger partial charge in [0.2, 0.25) is 0 Å². The number of ether oxygens (including phenoxy) is 3. The Balaban J connectivity index is 1.75. The first kappa shape index (κ1) is 26.5. The highest BCUT2D eigenvalue weighted by atomic mass is 32.1. The van der Waals surface area contributed by atoms with Crippen molar-refractivity contribution in [3.05, 3.63) is 90.2 Å². The summed E-state index contributed by atoms with van der Waals surface area (Å²) in [6, 6.07) is 12.8. The molecule has 2 aromatic carbocycles. The van der Waals surface area contributed by atoms with E-state index in [1.165, 1.54) is 11.3 Å². The molecule has 0 aliphatic carbocycles. The van der Waals surface area contributed by atoms with Crippen molar-refractivity contribution in [1.82, 2.24) is 9.55 Å². The van der Waals surface area contributed by atoms with E-state index in [0.29, 0.717) is 50.9 Å². The molecule has 2 aromatic heterocycles. The first-order valence-corrected chi connectivity index (χ1v) is 13.9. The Morgan fingerprint density at radius 2 is 1.79 bits per heavy atom. The normalized spacial score (nSPS) is 15.3. The molecule has 1 aliphatic rings. The number of esters is 1. The average molecular weight is 546 g/mol. The molecule has 202 valence electrons. The number of nitrogens with zero attached hydrogens (tertiary/aromatic N) is 2. The summed E-state index contributed by atoms with van der Waals surface area (Å²) in [5, 5.41) is 1.04. The van der Waals surface area contributed by atoms with Crippen molar-refractivity contribution in [2.24, 2.45) is 4.99 Å². The number of carbonyl (C=O) groups excluding carboxylic acids is 1. The minimum Gasteiger partial charge on any atom is -0.490 e. The van der Waals surface area contributed by atoms with Gasteiger partial charge < -0.3 is 19.2 Å². The lowest BCUT2D eigenvalue weighted by Crippen LogP contribution is -2.40. The van der Waals surface area contributed by atoms with Gasteiger partial charge in [0.05, 0.1) is 41.7 Å². The number of benzene rings is 2. The first-order chi connectivity index (χ1) is 18.9. The molecule has 0 unspecified atom stereocenters. The number of aromatic amines is 1. The van der Waals surface area contributed by atoms with Crippen LogP contribution in [0.5, 0.6) is 11.5 Å². The molecule has 1 N–H and O–H groups in total. The predicted molar refractivity (Wildman–Crippen MR) is 152 cm³/mol. The lowest BCUT2D eigenvalue weighted by atomic mass is 9.95. The van der Waals surface area contributed by atoms with Gasteiger partial charge in [0, 0.05) is 22.2 Å². The predicted octanol–water partition coefficient (Wildman–Crippen LogP) is 4.39. The number of allylic oxidation sites excluding steroid dienone is 1. The van der Waals surface area contributed by atoms with E-state index in [2.05, 4.69) is 9.98 Å². The Bertz CT molecular complexity index is 1780. The maximum Gasteiger partial charge on any atom is 0.338 e. The lowest BCUT2D eigenvalue weighted by molar-refractivity contribution is -0.139. The second-order valence-corrected chi connectivity index (χ2v) is 10.1. The van der Waals surface area contributed by atoms with Crippen LogP contribution in [0.1, 0.15) is 50.6 Å². The molecule has 1 aliphatic heterocycles. The molecule has 5 rings (SSSR count). The molecule has 1 atom stereocenters. The summed E-state index contributed by atoms with van der Waals surface area (Å²) in [5.74, 6) is 0.646. The van der Waals surface area contributed by atoms with Crippen LogP contribution in [0.3, 0.4) is 0 Å². The highest BCUT2D eigenvalue weighted by molar-refractivity contribution is 7.07. The van der Waals surface area contributed by atoms with Crippen LogP contribution in [0.25, 0.3) is 17.0 Å².